The van der Waals surface area contributed by atoms with Crippen molar-refractivity contribution in [1.82, 2.24) is 5.32 Å². The molecule has 0 atom stereocenters. The number of nitrogens with one attached hydrogen (secondary N) is 1. The molecule has 1 fully saturated rings. The molecular weight excluding hydrogens is 541 g/mol. The van der Waals surface area contributed by atoms with Gasteiger partial charge >= 0.3 is 6.03 Å². The standard InChI is InChI=1S/C23H20IN3O6/c1-3-31-15-6-8-20(32-4-2)18(13-15)27-22(29)16(21(28)26-23(27)30)11-14-5-7-19(17(24)12-14)33-10-9-25/h5-8,11-13H,3-4,10H2,1-2H3,(H,26,28,30)/b16-11+. The first-order valence-corrected chi connectivity index (χ1v) is 11.1. The molecule has 0 radical (unpaired) electrons. The summed E-state index contributed by atoms with van der Waals surface area (Å²) in [6.07, 6.45) is 1.39. The van der Waals surface area contributed by atoms with Gasteiger partial charge in [-0.15, -0.1) is 0 Å². The summed E-state index contributed by atoms with van der Waals surface area (Å²) in [7, 11) is 0. The summed E-state index contributed by atoms with van der Waals surface area (Å²) in [6.45, 7) is 4.19. The van der Waals surface area contributed by atoms with Gasteiger partial charge < -0.3 is 14.2 Å². The predicted molar refractivity (Wildman–Crippen MR) is 128 cm³/mol. The van der Waals surface area contributed by atoms with Gasteiger partial charge in [0.25, 0.3) is 11.8 Å². The van der Waals surface area contributed by atoms with Crippen LogP contribution in [0.2, 0.25) is 0 Å². The van der Waals surface area contributed by atoms with Gasteiger partial charge in [0.2, 0.25) is 0 Å². The maximum absolute atomic E-state index is 13.3. The van der Waals surface area contributed by atoms with Crippen LogP contribution in [0.25, 0.3) is 6.08 Å². The molecule has 0 unspecified atom stereocenters. The normalized spacial score (nSPS) is 14.7. The Kier molecular flexibility index (Phi) is 7.89. The number of carbonyl (C=O) groups excluding carboxylic acids is 3. The summed E-state index contributed by atoms with van der Waals surface area (Å²) in [5.74, 6) is -0.351. The molecule has 1 heterocycles. The zero-order valence-electron chi connectivity index (χ0n) is 17.9. The largest absolute Gasteiger partial charge is 0.494 e. The minimum absolute atomic E-state index is 0.0998. The summed E-state index contributed by atoms with van der Waals surface area (Å²) < 4.78 is 17.1. The van der Waals surface area contributed by atoms with E-state index in [2.05, 4.69) is 5.32 Å². The van der Waals surface area contributed by atoms with Crippen molar-refractivity contribution in [3.63, 3.8) is 0 Å². The van der Waals surface area contributed by atoms with E-state index in [0.717, 1.165) is 4.90 Å². The minimum atomic E-state index is -0.883. The zero-order chi connectivity index (χ0) is 24.0. The van der Waals surface area contributed by atoms with Crippen molar-refractivity contribution in [2.75, 3.05) is 24.7 Å². The lowest BCUT2D eigenvalue weighted by molar-refractivity contribution is -0.122. The monoisotopic (exact) mass is 561 g/mol. The van der Waals surface area contributed by atoms with E-state index in [0.29, 0.717) is 39.6 Å². The van der Waals surface area contributed by atoms with Gasteiger partial charge in [-0.2, -0.15) is 5.26 Å². The average Bonchev–Trinajstić information content (AvgIpc) is 2.78. The molecule has 0 saturated carbocycles. The van der Waals surface area contributed by atoms with Crippen LogP contribution in [0, 0.1) is 14.9 Å². The van der Waals surface area contributed by atoms with Crippen LogP contribution in [-0.4, -0.2) is 37.7 Å². The first kappa shape index (κ1) is 24.1. The minimum Gasteiger partial charge on any atom is -0.494 e. The molecule has 0 aliphatic carbocycles. The number of rotatable bonds is 8. The van der Waals surface area contributed by atoms with Crippen molar-refractivity contribution in [3.05, 3.63) is 51.1 Å². The fourth-order valence-electron chi connectivity index (χ4n) is 3.08. The summed E-state index contributed by atoms with van der Waals surface area (Å²) in [4.78, 5) is 39.3. The lowest BCUT2D eigenvalue weighted by atomic mass is 10.1. The average molecular weight is 561 g/mol. The molecule has 1 aliphatic rings. The van der Waals surface area contributed by atoms with Gasteiger partial charge in [-0.25, -0.2) is 9.69 Å². The van der Waals surface area contributed by atoms with E-state index in [9.17, 15) is 14.4 Å². The number of anilines is 1. The number of hydrogen-bond donors (Lipinski definition) is 1. The van der Waals surface area contributed by atoms with E-state index in [-0.39, 0.29) is 17.9 Å². The SMILES string of the molecule is CCOc1ccc(OCC)c(N2C(=O)NC(=O)/C(=C\c3ccc(OCC#N)c(I)c3)C2=O)c1. The number of imide groups is 2. The number of amides is 4. The summed E-state index contributed by atoms with van der Waals surface area (Å²) in [6, 6.07) is 10.8. The third-order valence-electron chi connectivity index (χ3n) is 4.44. The quantitative estimate of drug-likeness (QED) is 0.297. The topological polar surface area (TPSA) is 118 Å². The number of urea groups is 1. The number of carbonyl (C=O) groups is 3. The van der Waals surface area contributed by atoms with Gasteiger partial charge in [-0.1, -0.05) is 6.07 Å². The fraction of sp³-hybridized carbons (Fsp3) is 0.217. The summed E-state index contributed by atoms with van der Waals surface area (Å²) in [5.41, 5.74) is 0.489. The van der Waals surface area contributed by atoms with Crippen LogP contribution in [-0.2, 0) is 9.59 Å². The van der Waals surface area contributed by atoms with Crippen molar-refractivity contribution in [2.24, 2.45) is 0 Å². The summed E-state index contributed by atoms with van der Waals surface area (Å²) in [5, 5.41) is 10.9. The van der Waals surface area contributed by atoms with Gasteiger partial charge in [-0.05, 0) is 72.3 Å². The molecule has 0 spiro atoms. The number of nitrogens with zero attached hydrogens (tertiary/aromatic N) is 2. The Balaban J connectivity index is 2.01. The van der Waals surface area contributed by atoms with E-state index in [1.807, 2.05) is 35.6 Å². The molecule has 0 bridgehead atoms. The summed E-state index contributed by atoms with van der Waals surface area (Å²) >= 11 is 2.03. The molecule has 1 N–H and O–H groups in total. The van der Waals surface area contributed by atoms with Gasteiger partial charge in [0, 0.05) is 6.07 Å². The maximum Gasteiger partial charge on any atom is 0.336 e. The molecule has 4 amide bonds. The molecule has 33 heavy (non-hydrogen) atoms. The van der Waals surface area contributed by atoms with Crippen LogP contribution in [0.3, 0.4) is 0 Å². The van der Waals surface area contributed by atoms with Crippen molar-refractivity contribution in [2.45, 2.75) is 13.8 Å². The van der Waals surface area contributed by atoms with Gasteiger partial charge in [0.05, 0.1) is 22.5 Å². The predicted octanol–water partition coefficient (Wildman–Crippen LogP) is 3.66. The van der Waals surface area contributed by atoms with Crippen LogP contribution >= 0.6 is 22.6 Å². The van der Waals surface area contributed by atoms with Gasteiger partial charge in [0.15, 0.2) is 6.61 Å². The first-order chi connectivity index (χ1) is 15.9. The Labute approximate surface area is 204 Å². The van der Waals surface area contributed by atoms with Crippen molar-refractivity contribution in [1.29, 1.82) is 5.26 Å². The smallest absolute Gasteiger partial charge is 0.336 e. The lowest BCUT2D eigenvalue weighted by Crippen LogP contribution is -2.54. The molecular formula is C23H20IN3O6. The van der Waals surface area contributed by atoms with Crippen LogP contribution in [0.15, 0.2) is 42.0 Å². The maximum atomic E-state index is 13.3. The molecule has 1 aliphatic heterocycles. The molecule has 170 valence electrons. The highest BCUT2D eigenvalue weighted by atomic mass is 127. The highest BCUT2D eigenvalue weighted by Crippen LogP contribution is 2.35. The van der Waals surface area contributed by atoms with E-state index >= 15 is 0 Å². The second-order valence-electron chi connectivity index (χ2n) is 6.59. The second-order valence-corrected chi connectivity index (χ2v) is 7.75. The number of barbiturate groups is 1. The van der Waals surface area contributed by atoms with Gasteiger partial charge in [-0.3, -0.25) is 14.9 Å². The molecule has 2 aromatic carbocycles. The van der Waals surface area contributed by atoms with Crippen molar-refractivity contribution in [3.8, 4) is 23.3 Å². The number of ether oxygens (including phenoxy) is 3. The third kappa shape index (κ3) is 5.43. The van der Waals surface area contributed by atoms with Crippen LogP contribution in [0.4, 0.5) is 10.5 Å². The number of hydrogen-bond acceptors (Lipinski definition) is 7. The Morgan fingerprint density at radius 3 is 2.42 bits per heavy atom. The second kappa shape index (κ2) is 10.8. The molecule has 2 aromatic rings. The van der Waals surface area contributed by atoms with Gasteiger partial charge in [0.1, 0.15) is 28.9 Å². The number of halogens is 1. The molecule has 3 rings (SSSR count). The van der Waals surface area contributed by atoms with E-state index in [1.165, 1.54) is 12.1 Å². The third-order valence-corrected chi connectivity index (χ3v) is 5.29. The lowest BCUT2D eigenvalue weighted by Gasteiger charge is -2.28. The molecule has 0 aromatic heterocycles. The fourth-order valence-corrected chi connectivity index (χ4v) is 3.78. The molecule has 1 saturated heterocycles. The van der Waals surface area contributed by atoms with Crippen LogP contribution < -0.4 is 24.4 Å². The Morgan fingerprint density at radius 2 is 1.76 bits per heavy atom. The number of benzene rings is 2. The molecule has 10 heteroatoms. The Bertz CT molecular complexity index is 1170. The molecule has 9 nitrogen and oxygen atoms in total. The Morgan fingerprint density at radius 1 is 1.03 bits per heavy atom. The highest BCUT2D eigenvalue weighted by Gasteiger charge is 2.38. The van der Waals surface area contributed by atoms with E-state index < -0.39 is 17.8 Å². The highest BCUT2D eigenvalue weighted by molar-refractivity contribution is 14.1. The van der Waals surface area contributed by atoms with Crippen molar-refractivity contribution >= 4 is 52.2 Å². The van der Waals surface area contributed by atoms with Crippen LogP contribution in [0.5, 0.6) is 17.2 Å². The first-order valence-electron chi connectivity index (χ1n) is 10.00. The Hall–Kier alpha value is -3.59. The van der Waals surface area contributed by atoms with E-state index in [4.69, 9.17) is 19.5 Å². The van der Waals surface area contributed by atoms with Crippen LogP contribution in [0.1, 0.15) is 19.4 Å². The van der Waals surface area contributed by atoms with E-state index in [1.54, 1.807) is 37.3 Å². The zero-order valence-corrected chi connectivity index (χ0v) is 20.0. The number of nitriles is 1. The van der Waals surface area contributed by atoms with Crippen molar-refractivity contribution < 1.29 is 28.6 Å².